The normalized spacial score (nSPS) is 12.7. The maximum absolute atomic E-state index is 13.6. The molecule has 2 aromatic heterocycles. The SMILES string of the molecule is FC(F)(F)CC(c1cc(N=C=S)cs1)c1c(-c2ccccc2)[nH]c2ccccc12. The summed E-state index contributed by atoms with van der Waals surface area (Å²) in [5.41, 5.74) is 3.52. The lowest BCUT2D eigenvalue weighted by Crippen LogP contribution is -2.14. The van der Waals surface area contributed by atoms with Gasteiger partial charge in [-0.3, -0.25) is 0 Å². The minimum atomic E-state index is -4.32. The third-order valence-electron chi connectivity index (χ3n) is 4.72. The predicted octanol–water partition coefficient (Wildman–Crippen LogP) is 7.72. The highest BCUT2D eigenvalue weighted by atomic mass is 32.1. The van der Waals surface area contributed by atoms with Crippen molar-refractivity contribution in [3.8, 4) is 11.3 Å². The van der Waals surface area contributed by atoms with Gasteiger partial charge < -0.3 is 4.98 Å². The average Bonchev–Trinajstić information content (AvgIpc) is 3.31. The molecular weight excluding hydrogens is 413 g/mol. The topological polar surface area (TPSA) is 28.1 Å². The van der Waals surface area contributed by atoms with Gasteiger partial charge >= 0.3 is 6.18 Å². The summed E-state index contributed by atoms with van der Waals surface area (Å²) in [6.45, 7) is 0. The van der Waals surface area contributed by atoms with Gasteiger partial charge in [0.2, 0.25) is 0 Å². The molecule has 0 bridgehead atoms. The van der Waals surface area contributed by atoms with Crippen molar-refractivity contribution < 1.29 is 13.2 Å². The van der Waals surface area contributed by atoms with Gasteiger partial charge in [-0.1, -0.05) is 48.5 Å². The lowest BCUT2D eigenvalue weighted by molar-refractivity contribution is -0.136. The van der Waals surface area contributed by atoms with Crippen molar-refractivity contribution >= 4 is 45.3 Å². The first kappa shape index (κ1) is 19.6. The molecular formula is C22H15F3N2S2. The van der Waals surface area contributed by atoms with E-state index in [1.165, 1.54) is 11.3 Å². The molecule has 0 fully saturated rings. The zero-order valence-electron chi connectivity index (χ0n) is 15.0. The van der Waals surface area contributed by atoms with Crippen LogP contribution in [-0.4, -0.2) is 16.3 Å². The van der Waals surface area contributed by atoms with Crippen LogP contribution >= 0.6 is 23.6 Å². The van der Waals surface area contributed by atoms with Crippen LogP contribution in [0.2, 0.25) is 0 Å². The number of benzene rings is 2. The molecule has 1 unspecified atom stereocenters. The van der Waals surface area contributed by atoms with Crippen LogP contribution in [-0.2, 0) is 0 Å². The van der Waals surface area contributed by atoms with Crippen LogP contribution in [0, 0.1) is 0 Å². The molecule has 0 radical (unpaired) electrons. The number of nitrogens with zero attached hydrogens (tertiary/aromatic N) is 1. The lowest BCUT2D eigenvalue weighted by Gasteiger charge is -2.19. The Morgan fingerprint density at radius 2 is 1.79 bits per heavy atom. The number of alkyl halides is 3. The van der Waals surface area contributed by atoms with E-state index < -0.39 is 18.5 Å². The number of thiocarbonyl (C=S) groups is 1. The molecule has 7 heteroatoms. The maximum atomic E-state index is 13.6. The summed E-state index contributed by atoms with van der Waals surface area (Å²) >= 11 is 5.88. The number of aromatic nitrogens is 1. The Balaban J connectivity index is 1.97. The first-order chi connectivity index (χ1) is 14.0. The van der Waals surface area contributed by atoms with Gasteiger partial charge in [0, 0.05) is 27.1 Å². The van der Waals surface area contributed by atoms with Gasteiger partial charge in [0.15, 0.2) is 0 Å². The van der Waals surface area contributed by atoms with Crippen molar-refractivity contribution in [1.29, 1.82) is 0 Å². The Hall–Kier alpha value is -2.73. The van der Waals surface area contributed by atoms with Gasteiger partial charge in [-0.25, -0.2) is 0 Å². The largest absolute Gasteiger partial charge is 0.390 e. The Labute approximate surface area is 174 Å². The monoisotopic (exact) mass is 428 g/mol. The molecule has 2 aromatic carbocycles. The number of hydrogen-bond donors (Lipinski definition) is 1. The smallest absolute Gasteiger partial charge is 0.354 e. The Morgan fingerprint density at radius 1 is 1.07 bits per heavy atom. The van der Waals surface area contributed by atoms with Crippen molar-refractivity contribution in [2.75, 3.05) is 0 Å². The van der Waals surface area contributed by atoms with Crippen LogP contribution in [0.15, 0.2) is 71.0 Å². The number of aliphatic imine (C=N–C) groups is 1. The summed E-state index contributed by atoms with van der Waals surface area (Å²) in [6.07, 6.45) is -5.29. The number of fused-ring (bicyclic) bond motifs is 1. The summed E-state index contributed by atoms with van der Waals surface area (Å²) in [5, 5.41) is 4.76. The van der Waals surface area contributed by atoms with E-state index >= 15 is 0 Å². The zero-order valence-corrected chi connectivity index (χ0v) is 16.7. The number of thiophene rings is 1. The van der Waals surface area contributed by atoms with Crippen LogP contribution in [0.4, 0.5) is 18.9 Å². The second kappa shape index (κ2) is 7.95. The molecule has 0 saturated heterocycles. The first-order valence-corrected chi connectivity index (χ1v) is 10.1. The van der Waals surface area contributed by atoms with Crippen molar-refractivity contribution in [3.63, 3.8) is 0 Å². The second-order valence-corrected chi connectivity index (χ2v) is 7.73. The maximum Gasteiger partial charge on any atom is 0.390 e. The number of H-pyrrole nitrogens is 1. The second-order valence-electron chi connectivity index (χ2n) is 6.61. The van der Waals surface area contributed by atoms with E-state index in [1.54, 1.807) is 11.4 Å². The third-order valence-corrected chi connectivity index (χ3v) is 5.84. The van der Waals surface area contributed by atoms with Crippen LogP contribution in [0.1, 0.15) is 22.8 Å². The summed E-state index contributed by atoms with van der Waals surface area (Å²) in [4.78, 5) is 7.84. The third kappa shape index (κ3) is 4.17. The van der Waals surface area contributed by atoms with Crippen LogP contribution in [0.3, 0.4) is 0 Å². The van der Waals surface area contributed by atoms with Crippen LogP contribution in [0.25, 0.3) is 22.2 Å². The van der Waals surface area contributed by atoms with Crippen molar-refractivity contribution in [3.05, 3.63) is 76.5 Å². The van der Waals surface area contributed by atoms with E-state index in [9.17, 15) is 13.2 Å². The van der Waals surface area contributed by atoms with E-state index in [2.05, 4.69) is 27.4 Å². The molecule has 1 N–H and O–H groups in total. The van der Waals surface area contributed by atoms with Gasteiger partial charge in [-0.2, -0.15) is 18.2 Å². The number of rotatable bonds is 5. The highest BCUT2D eigenvalue weighted by molar-refractivity contribution is 7.78. The Bertz CT molecular complexity index is 1190. The van der Waals surface area contributed by atoms with Crippen LogP contribution < -0.4 is 0 Å². The molecule has 1 atom stereocenters. The van der Waals surface area contributed by atoms with Gasteiger partial charge in [-0.15, -0.1) is 11.3 Å². The van der Waals surface area contributed by atoms with Gasteiger partial charge in [0.25, 0.3) is 0 Å². The molecule has 2 nitrogen and oxygen atoms in total. The van der Waals surface area contributed by atoms with Crippen molar-refractivity contribution in [1.82, 2.24) is 4.98 Å². The molecule has 0 aliphatic heterocycles. The van der Waals surface area contributed by atoms with Crippen LogP contribution in [0.5, 0.6) is 0 Å². The molecule has 4 rings (SSSR count). The lowest BCUT2D eigenvalue weighted by atomic mass is 9.89. The van der Waals surface area contributed by atoms with E-state index in [-0.39, 0.29) is 0 Å². The fourth-order valence-electron chi connectivity index (χ4n) is 3.57. The van der Waals surface area contributed by atoms with E-state index in [0.717, 1.165) is 16.5 Å². The van der Waals surface area contributed by atoms with E-state index in [4.69, 9.17) is 0 Å². The number of para-hydroxylation sites is 1. The number of halogens is 3. The fraction of sp³-hybridized carbons (Fsp3) is 0.136. The Kier molecular flexibility index (Phi) is 5.37. The average molecular weight is 429 g/mol. The van der Waals surface area contributed by atoms with Gasteiger partial charge in [-0.05, 0) is 35.5 Å². The number of nitrogens with one attached hydrogen (secondary N) is 1. The predicted molar refractivity (Wildman–Crippen MR) is 115 cm³/mol. The number of isothiocyanates is 1. The molecule has 0 spiro atoms. The molecule has 0 amide bonds. The molecule has 146 valence electrons. The van der Waals surface area contributed by atoms with Crippen molar-refractivity contribution in [2.45, 2.75) is 18.5 Å². The summed E-state index contributed by atoms with van der Waals surface area (Å²) in [5.74, 6) is -0.861. The number of hydrogen-bond acceptors (Lipinski definition) is 3. The fourth-order valence-corrected chi connectivity index (χ4v) is 4.61. The summed E-state index contributed by atoms with van der Waals surface area (Å²) in [6, 6.07) is 18.5. The standard InChI is InChI=1S/C22H15F3N2S2/c23-22(24,25)11-17(19-10-15(12-29-19)26-13-28)20-16-8-4-5-9-18(16)27-21(20)14-6-2-1-3-7-14/h1-10,12,17,27H,11H2. The Morgan fingerprint density at radius 3 is 2.52 bits per heavy atom. The zero-order chi connectivity index (χ0) is 20.4. The van der Waals surface area contributed by atoms with Gasteiger partial charge in [0.1, 0.15) is 0 Å². The first-order valence-electron chi connectivity index (χ1n) is 8.85. The van der Waals surface area contributed by atoms with Gasteiger partial charge in [0.05, 0.1) is 23.0 Å². The molecule has 0 aliphatic rings. The summed E-state index contributed by atoms with van der Waals surface area (Å²) in [7, 11) is 0. The van der Waals surface area contributed by atoms with E-state index in [0.29, 0.717) is 21.8 Å². The molecule has 4 aromatic rings. The minimum absolute atomic E-state index is 0.522. The molecule has 0 saturated carbocycles. The minimum Gasteiger partial charge on any atom is -0.354 e. The number of aromatic amines is 1. The molecule has 2 heterocycles. The van der Waals surface area contributed by atoms with Crippen molar-refractivity contribution in [2.24, 2.45) is 4.99 Å². The molecule has 0 aliphatic carbocycles. The highest BCUT2D eigenvalue weighted by Gasteiger charge is 2.36. The quantitative estimate of drug-likeness (QED) is 0.256. The molecule has 29 heavy (non-hydrogen) atoms. The summed E-state index contributed by atoms with van der Waals surface area (Å²) < 4.78 is 40.8. The highest BCUT2D eigenvalue weighted by Crippen LogP contribution is 2.46. The van der Waals surface area contributed by atoms with E-state index in [1.807, 2.05) is 54.6 Å².